The average molecular weight is 647 g/mol. The van der Waals surface area contributed by atoms with E-state index in [1.54, 1.807) is 51.4 Å². The van der Waals surface area contributed by atoms with Crippen LogP contribution in [0.15, 0.2) is 60.9 Å². The number of carbonyl (C=O) groups is 4. The van der Waals surface area contributed by atoms with Crippen molar-refractivity contribution in [2.75, 3.05) is 18.7 Å². The van der Waals surface area contributed by atoms with Gasteiger partial charge in [0.25, 0.3) is 11.8 Å². The van der Waals surface area contributed by atoms with E-state index in [2.05, 4.69) is 25.0 Å². The topological polar surface area (TPSA) is 119 Å². The minimum absolute atomic E-state index is 0.103. The number of hydrogen-bond donors (Lipinski definition) is 1. The number of likely N-dealkylation sites (tertiary alicyclic amines) is 1. The zero-order valence-electron chi connectivity index (χ0n) is 27.3. The molecule has 0 saturated carbocycles. The molecule has 0 bridgehead atoms. The first kappa shape index (κ1) is 33.0. The lowest BCUT2D eigenvalue weighted by Crippen LogP contribution is -2.55. The van der Waals surface area contributed by atoms with Crippen LogP contribution in [-0.2, 0) is 25.6 Å². The van der Waals surface area contributed by atoms with Crippen LogP contribution in [0, 0.1) is 0 Å². The Kier molecular flexibility index (Phi) is 9.41. The number of carbonyl (C=O) groups excluding carboxylic acids is 4. The van der Waals surface area contributed by atoms with Gasteiger partial charge >= 0.3 is 6.09 Å². The van der Waals surface area contributed by atoms with E-state index in [9.17, 15) is 19.2 Å². The van der Waals surface area contributed by atoms with Gasteiger partial charge in [0.05, 0.1) is 6.20 Å². The molecule has 0 aliphatic carbocycles. The summed E-state index contributed by atoms with van der Waals surface area (Å²) in [5.74, 6) is -0.138. The first-order valence-corrected chi connectivity index (χ1v) is 19.2. The van der Waals surface area contributed by atoms with E-state index >= 15 is 0 Å². The summed E-state index contributed by atoms with van der Waals surface area (Å²) in [6.45, 7) is 12.6. The van der Waals surface area contributed by atoms with Crippen LogP contribution in [0.4, 0.5) is 10.5 Å². The summed E-state index contributed by atoms with van der Waals surface area (Å²) in [4.78, 5) is 54.8. The maximum Gasteiger partial charge on any atom is 0.412 e. The molecule has 1 unspecified atom stereocenters. The molecular weight excluding hydrogens is 604 g/mol. The van der Waals surface area contributed by atoms with Crippen molar-refractivity contribution in [3.8, 4) is 17.2 Å². The van der Waals surface area contributed by atoms with Crippen LogP contribution >= 0.6 is 0 Å². The molecule has 4 amide bonds. The van der Waals surface area contributed by atoms with Gasteiger partial charge in [0, 0.05) is 45.1 Å². The van der Waals surface area contributed by atoms with E-state index in [1.807, 2.05) is 34.9 Å². The van der Waals surface area contributed by atoms with Crippen molar-refractivity contribution >= 4 is 37.6 Å². The number of nitrogens with one attached hydrogen (secondary N) is 1. The summed E-state index contributed by atoms with van der Waals surface area (Å²) in [5, 5.41) is 2.78. The lowest BCUT2D eigenvalue weighted by molar-refractivity contribution is -0.158. The number of piperidine rings is 1. The van der Waals surface area contributed by atoms with Crippen molar-refractivity contribution in [2.24, 2.45) is 0 Å². The van der Waals surface area contributed by atoms with Gasteiger partial charge in [-0.25, -0.2) is 4.79 Å². The molecule has 244 valence electrons. The number of anilines is 1. The smallest absolute Gasteiger partial charge is 0.412 e. The highest BCUT2D eigenvalue weighted by Crippen LogP contribution is 2.36. The largest absolute Gasteiger partial charge is 0.454 e. The molecule has 5 rings (SSSR count). The van der Waals surface area contributed by atoms with Crippen LogP contribution in [0.25, 0.3) is 5.69 Å². The number of rotatable bonds is 10. The van der Waals surface area contributed by atoms with Gasteiger partial charge in [-0.15, -0.1) is 0 Å². The maximum atomic E-state index is 13.5. The zero-order valence-corrected chi connectivity index (χ0v) is 28.3. The molecule has 1 saturated heterocycles. The summed E-state index contributed by atoms with van der Waals surface area (Å²) < 4.78 is 19.3. The van der Waals surface area contributed by atoms with Crippen molar-refractivity contribution in [1.29, 1.82) is 0 Å². The summed E-state index contributed by atoms with van der Waals surface area (Å²) in [7, 11) is -1.32. The molecule has 11 nitrogen and oxygen atoms in total. The molecule has 2 aromatic carbocycles. The van der Waals surface area contributed by atoms with E-state index in [1.165, 1.54) is 4.90 Å². The Morgan fingerprint density at radius 2 is 1.76 bits per heavy atom. The van der Waals surface area contributed by atoms with Gasteiger partial charge in [0.15, 0.2) is 5.75 Å². The van der Waals surface area contributed by atoms with Gasteiger partial charge in [0.2, 0.25) is 5.91 Å². The van der Waals surface area contributed by atoms with E-state index in [0.717, 1.165) is 16.6 Å². The van der Waals surface area contributed by atoms with Gasteiger partial charge < -0.3 is 23.7 Å². The van der Waals surface area contributed by atoms with Crippen molar-refractivity contribution in [3.63, 3.8) is 0 Å². The maximum absolute atomic E-state index is 13.5. The van der Waals surface area contributed by atoms with Crippen LogP contribution in [0.1, 0.15) is 49.5 Å². The molecule has 3 aromatic rings. The summed E-state index contributed by atoms with van der Waals surface area (Å²) in [5.41, 5.74) is 1.76. The van der Waals surface area contributed by atoms with E-state index in [0.29, 0.717) is 34.9 Å². The van der Waals surface area contributed by atoms with E-state index < -0.39 is 31.7 Å². The van der Waals surface area contributed by atoms with Gasteiger partial charge in [-0.2, -0.15) is 0 Å². The third-order valence-electron chi connectivity index (χ3n) is 7.69. The Bertz CT molecular complexity index is 1620. The fourth-order valence-electron chi connectivity index (χ4n) is 5.32. The lowest BCUT2D eigenvalue weighted by atomic mass is 10.0. The quantitative estimate of drug-likeness (QED) is 0.154. The Morgan fingerprint density at radius 1 is 1.02 bits per heavy atom. The zero-order chi connectivity index (χ0) is 33.2. The average Bonchev–Trinajstić information content (AvgIpc) is 3.51. The molecule has 2 aliphatic heterocycles. The summed E-state index contributed by atoms with van der Waals surface area (Å²) in [6.07, 6.45) is 3.30. The van der Waals surface area contributed by atoms with Crippen molar-refractivity contribution in [1.82, 2.24) is 14.4 Å². The number of nitrogens with zero attached hydrogens (tertiary/aromatic N) is 3. The molecule has 3 heterocycles. The van der Waals surface area contributed by atoms with E-state index in [-0.39, 0.29) is 37.9 Å². The van der Waals surface area contributed by atoms with Gasteiger partial charge in [-0.05, 0) is 69.1 Å². The van der Waals surface area contributed by atoms with E-state index in [4.69, 9.17) is 14.2 Å². The number of benzene rings is 2. The third-order valence-corrected chi connectivity index (χ3v) is 9.40. The monoisotopic (exact) mass is 646 g/mol. The molecule has 0 radical (unpaired) electrons. The van der Waals surface area contributed by atoms with Crippen LogP contribution in [0.2, 0.25) is 25.7 Å². The normalized spacial score (nSPS) is 16.9. The fourth-order valence-corrected chi connectivity index (χ4v) is 6.07. The predicted molar refractivity (Wildman–Crippen MR) is 176 cm³/mol. The fraction of sp³-hybridized carbons (Fsp3) is 0.412. The molecule has 1 atom stereocenters. The lowest BCUT2D eigenvalue weighted by Gasteiger charge is -2.35. The molecule has 0 spiro atoms. The van der Waals surface area contributed by atoms with Crippen LogP contribution in [-0.4, -0.2) is 71.2 Å². The standard InChI is InChI=1S/C34H42N4O7Si/c1-34(2,3)45-33(42)35-27-20-36(24-10-8-7-9-11-24)21-29(27)44-25-12-13-26-23(18-25)19-37(31(26)40)28-14-15-30(39)38(32(28)41)22-43-16-17-46(4,5)6/h7-13,18,20-21,28H,14-17,19,22H2,1-6H3,(H,35,42). The van der Waals surface area contributed by atoms with Crippen molar-refractivity contribution in [3.05, 3.63) is 72.1 Å². The van der Waals surface area contributed by atoms with Crippen molar-refractivity contribution in [2.45, 2.75) is 77.5 Å². The van der Waals surface area contributed by atoms with Gasteiger partial charge in [0.1, 0.15) is 29.8 Å². The number of hydrogen-bond acceptors (Lipinski definition) is 7. The Balaban J connectivity index is 1.31. The van der Waals surface area contributed by atoms with Gasteiger partial charge in [-0.1, -0.05) is 37.8 Å². The number of para-hydroxylation sites is 1. The predicted octanol–water partition coefficient (Wildman–Crippen LogP) is 6.40. The van der Waals surface area contributed by atoms with Crippen LogP contribution < -0.4 is 10.1 Å². The first-order chi connectivity index (χ1) is 21.7. The molecule has 12 heteroatoms. The third kappa shape index (κ3) is 7.86. The Labute approximate surface area is 270 Å². The minimum atomic E-state index is -1.32. The highest BCUT2D eigenvalue weighted by atomic mass is 28.3. The number of imide groups is 1. The number of fused-ring (bicyclic) bond motifs is 1. The van der Waals surface area contributed by atoms with Gasteiger partial charge in [-0.3, -0.25) is 24.6 Å². The number of amides is 4. The first-order valence-electron chi connectivity index (χ1n) is 15.5. The van der Waals surface area contributed by atoms with Crippen LogP contribution in [0.5, 0.6) is 11.5 Å². The van der Waals surface area contributed by atoms with Crippen molar-refractivity contribution < 1.29 is 33.4 Å². The molecule has 1 fully saturated rings. The molecule has 1 aromatic heterocycles. The second kappa shape index (κ2) is 13.1. The number of aromatic nitrogens is 1. The summed E-state index contributed by atoms with van der Waals surface area (Å²) >= 11 is 0. The second-order valence-corrected chi connectivity index (χ2v) is 19.4. The molecule has 1 N–H and O–H groups in total. The highest BCUT2D eigenvalue weighted by molar-refractivity contribution is 6.76. The molecular formula is C34H42N4O7Si. The minimum Gasteiger partial charge on any atom is -0.454 e. The second-order valence-electron chi connectivity index (χ2n) is 13.8. The SMILES string of the molecule is CC(C)(C)OC(=O)Nc1cn(-c2ccccc2)cc1Oc1ccc2c(c1)CN(C1CCC(=O)N(COCC[Si](C)(C)C)C1=O)C2=O. The molecule has 2 aliphatic rings. The molecule has 46 heavy (non-hydrogen) atoms. The number of ether oxygens (including phenoxy) is 3. The Hall–Kier alpha value is -4.42. The Morgan fingerprint density at radius 3 is 2.46 bits per heavy atom. The highest BCUT2D eigenvalue weighted by Gasteiger charge is 2.43. The summed E-state index contributed by atoms with van der Waals surface area (Å²) in [6, 6.07) is 14.9. The van der Waals surface area contributed by atoms with Crippen LogP contribution in [0.3, 0.4) is 0 Å².